The molecule has 1 aliphatic rings. The minimum atomic E-state index is -2.96. The summed E-state index contributed by atoms with van der Waals surface area (Å²) in [6, 6.07) is 7.33. The van der Waals surface area contributed by atoms with Gasteiger partial charge < -0.3 is 15.4 Å². The van der Waals surface area contributed by atoms with E-state index in [9.17, 15) is 13.2 Å². The Morgan fingerprint density at radius 1 is 1.26 bits per heavy atom. The molecule has 0 radical (unpaired) electrons. The van der Waals surface area contributed by atoms with Crippen LogP contribution in [0.3, 0.4) is 0 Å². The fraction of sp³-hybridized carbons (Fsp3) is 0.562. The van der Waals surface area contributed by atoms with Crippen molar-refractivity contribution in [3.05, 3.63) is 29.8 Å². The molecular weight excluding hydrogens is 316 g/mol. The number of carbonyl (C=O) groups is 1. The van der Waals surface area contributed by atoms with Crippen LogP contribution in [0.25, 0.3) is 0 Å². The van der Waals surface area contributed by atoms with Gasteiger partial charge in [-0.1, -0.05) is 17.7 Å². The first kappa shape index (κ1) is 17.6. The van der Waals surface area contributed by atoms with Crippen LogP contribution in [0.15, 0.2) is 24.3 Å². The maximum absolute atomic E-state index is 11.6. The third kappa shape index (κ3) is 6.48. The Bertz CT molecular complexity index is 613. The number of carbonyl (C=O) groups excluding carboxylic acids is 1. The van der Waals surface area contributed by atoms with E-state index in [4.69, 9.17) is 4.74 Å². The minimum Gasteiger partial charge on any atom is -0.494 e. The molecule has 0 aliphatic carbocycles. The fourth-order valence-corrected chi connectivity index (χ4v) is 4.07. The topological polar surface area (TPSA) is 84.5 Å². The zero-order chi connectivity index (χ0) is 16.7. The molecule has 1 aliphatic heterocycles. The molecule has 1 heterocycles. The molecule has 2 N–H and O–H groups in total. The van der Waals surface area contributed by atoms with E-state index in [0.717, 1.165) is 18.6 Å². The Kier molecular flexibility index (Phi) is 6.27. The molecule has 7 heteroatoms. The van der Waals surface area contributed by atoms with Gasteiger partial charge in [0, 0.05) is 12.6 Å². The lowest BCUT2D eigenvalue weighted by molar-refractivity contribution is 0.237. The second-order valence-electron chi connectivity index (χ2n) is 5.87. The smallest absolute Gasteiger partial charge is 0.315 e. The van der Waals surface area contributed by atoms with Gasteiger partial charge in [-0.3, -0.25) is 0 Å². The maximum atomic E-state index is 11.6. The average Bonchev–Trinajstić information content (AvgIpc) is 2.83. The first-order valence-corrected chi connectivity index (χ1v) is 9.71. The van der Waals surface area contributed by atoms with Crippen molar-refractivity contribution in [2.24, 2.45) is 0 Å². The summed E-state index contributed by atoms with van der Waals surface area (Å²) in [4.78, 5) is 11.6. The summed E-state index contributed by atoms with van der Waals surface area (Å²) < 4.78 is 28.2. The van der Waals surface area contributed by atoms with E-state index < -0.39 is 9.84 Å². The number of hydrogen-bond donors (Lipinski definition) is 2. The minimum absolute atomic E-state index is 0.0464. The SMILES string of the molecule is Cc1ccc(OCCCCNC(=O)N[C@H]2CCS(=O)(=O)C2)cc1. The summed E-state index contributed by atoms with van der Waals surface area (Å²) in [5.41, 5.74) is 1.20. The van der Waals surface area contributed by atoms with Gasteiger partial charge in [0.15, 0.2) is 9.84 Å². The predicted molar refractivity (Wildman–Crippen MR) is 89.5 cm³/mol. The summed E-state index contributed by atoms with van der Waals surface area (Å²) in [6.07, 6.45) is 2.15. The van der Waals surface area contributed by atoms with Gasteiger partial charge in [0.25, 0.3) is 0 Å². The van der Waals surface area contributed by atoms with Crippen LogP contribution in [0.5, 0.6) is 5.75 Å². The first-order valence-electron chi connectivity index (χ1n) is 7.89. The number of rotatable bonds is 7. The van der Waals surface area contributed by atoms with Crippen LogP contribution in [0.1, 0.15) is 24.8 Å². The molecule has 23 heavy (non-hydrogen) atoms. The van der Waals surface area contributed by atoms with Crippen LogP contribution < -0.4 is 15.4 Å². The molecule has 0 bridgehead atoms. The largest absolute Gasteiger partial charge is 0.494 e. The molecule has 6 nitrogen and oxygen atoms in total. The van der Waals surface area contributed by atoms with Gasteiger partial charge >= 0.3 is 6.03 Å². The van der Waals surface area contributed by atoms with Gasteiger partial charge in [-0.15, -0.1) is 0 Å². The van der Waals surface area contributed by atoms with Gasteiger partial charge in [-0.05, 0) is 38.3 Å². The van der Waals surface area contributed by atoms with E-state index in [1.54, 1.807) is 0 Å². The van der Waals surface area contributed by atoms with Crippen molar-refractivity contribution in [1.29, 1.82) is 0 Å². The van der Waals surface area contributed by atoms with Gasteiger partial charge in [-0.2, -0.15) is 0 Å². The van der Waals surface area contributed by atoms with Crippen molar-refractivity contribution >= 4 is 15.9 Å². The lowest BCUT2D eigenvalue weighted by Gasteiger charge is -2.12. The monoisotopic (exact) mass is 340 g/mol. The molecule has 1 fully saturated rings. The molecule has 1 atom stereocenters. The maximum Gasteiger partial charge on any atom is 0.315 e. The van der Waals surface area contributed by atoms with Crippen LogP contribution in [0.2, 0.25) is 0 Å². The number of ether oxygens (including phenoxy) is 1. The molecule has 0 unspecified atom stereocenters. The van der Waals surface area contributed by atoms with E-state index in [2.05, 4.69) is 10.6 Å². The van der Waals surface area contributed by atoms with Crippen LogP contribution in [-0.4, -0.2) is 45.1 Å². The molecule has 0 saturated carbocycles. The highest BCUT2D eigenvalue weighted by atomic mass is 32.2. The molecule has 1 saturated heterocycles. The molecule has 0 aromatic heterocycles. The normalized spacial score (nSPS) is 19.3. The van der Waals surface area contributed by atoms with Crippen LogP contribution in [-0.2, 0) is 9.84 Å². The summed E-state index contributed by atoms with van der Waals surface area (Å²) in [7, 11) is -2.96. The Hall–Kier alpha value is -1.76. The predicted octanol–water partition coefficient (Wildman–Crippen LogP) is 1.64. The highest BCUT2D eigenvalue weighted by Gasteiger charge is 2.28. The van der Waals surface area contributed by atoms with Gasteiger partial charge in [-0.25, -0.2) is 13.2 Å². The second kappa shape index (κ2) is 8.19. The molecule has 2 amide bonds. The van der Waals surface area contributed by atoms with Crippen molar-refractivity contribution in [3.63, 3.8) is 0 Å². The zero-order valence-electron chi connectivity index (χ0n) is 13.4. The summed E-state index contributed by atoms with van der Waals surface area (Å²) in [5, 5.41) is 5.44. The van der Waals surface area contributed by atoms with Crippen LogP contribution >= 0.6 is 0 Å². The number of amides is 2. The number of benzene rings is 1. The van der Waals surface area contributed by atoms with Crippen molar-refractivity contribution in [2.75, 3.05) is 24.7 Å². The number of urea groups is 1. The van der Waals surface area contributed by atoms with Gasteiger partial charge in [0.2, 0.25) is 0 Å². The Balaban J connectivity index is 1.52. The lowest BCUT2D eigenvalue weighted by Crippen LogP contribution is -2.42. The zero-order valence-corrected chi connectivity index (χ0v) is 14.2. The van der Waals surface area contributed by atoms with Crippen molar-refractivity contribution < 1.29 is 17.9 Å². The summed E-state index contributed by atoms with van der Waals surface area (Å²) in [5.74, 6) is 1.06. The Labute approximate surface area is 137 Å². The highest BCUT2D eigenvalue weighted by molar-refractivity contribution is 7.91. The molecular formula is C16H24N2O4S. The van der Waals surface area contributed by atoms with Crippen molar-refractivity contribution in [1.82, 2.24) is 10.6 Å². The van der Waals surface area contributed by atoms with Crippen molar-refractivity contribution in [2.45, 2.75) is 32.2 Å². The van der Waals surface area contributed by atoms with Crippen LogP contribution in [0.4, 0.5) is 4.79 Å². The third-order valence-electron chi connectivity index (χ3n) is 3.71. The number of aryl methyl sites for hydroxylation is 1. The van der Waals surface area contributed by atoms with Gasteiger partial charge in [0.05, 0.1) is 18.1 Å². The quantitative estimate of drug-likeness (QED) is 0.739. The van der Waals surface area contributed by atoms with E-state index in [-0.39, 0.29) is 23.6 Å². The van der Waals surface area contributed by atoms with E-state index >= 15 is 0 Å². The third-order valence-corrected chi connectivity index (χ3v) is 5.48. The van der Waals surface area contributed by atoms with E-state index in [1.807, 2.05) is 31.2 Å². The molecule has 1 aromatic rings. The first-order chi connectivity index (χ1) is 10.9. The van der Waals surface area contributed by atoms with Crippen molar-refractivity contribution in [3.8, 4) is 5.75 Å². The lowest BCUT2D eigenvalue weighted by atomic mass is 10.2. The van der Waals surface area contributed by atoms with E-state index in [1.165, 1.54) is 5.56 Å². The second-order valence-corrected chi connectivity index (χ2v) is 8.10. The van der Waals surface area contributed by atoms with Gasteiger partial charge in [0.1, 0.15) is 5.75 Å². The average molecular weight is 340 g/mol. The summed E-state index contributed by atoms with van der Waals surface area (Å²) >= 11 is 0. The number of sulfone groups is 1. The number of nitrogens with one attached hydrogen (secondary N) is 2. The standard InChI is InChI=1S/C16H24N2O4S/c1-13-4-6-15(7-5-13)22-10-3-2-9-17-16(19)18-14-8-11-23(20,21)12-14/h4-7,14H,2-3,8-12H2,1H3,(H2,17,18,19)/t14-/m0/s1. The molecule has 2 rings (SSSR count). The number of hydrogen-bond acceptors (Lipinski definition) is 4. The van der Waals surface area contributed by atoms with E-state index in [0.29, 0.717) is 19.6 Å². The Morgan fingerprint density at radius 3 is 2.65 bits per heavy atom. The van der Waals surface area contributed by atoms with Crippen LogP contribution in [0, 0.1) is 6.92 Å². The summed E-state index contributed by atoms with van der Waals surface area (Å²) in [6.45, 7) is 3.18. The fourth-order valence-electron chi connectivity index (χ4n) is 2.40. The highest BCUT2D eigenvalue weighted by Crippen LogP contribution is 2.12. The Morgan fingerprint density at radius 2 is 2.00 bits per heavy atom. The molecule has 1 aromatic carbocycles. The number of unbranched alkanes of at least 4 members (excludes halogenated alkanes) is 1. The molecule has 0 spiro atoms. The molecule has 128 valence electrons.